The highest BCUT2D eigenvalue weighted by Crippen LogP contribution is 2.27. The number of aliphatic hydroxyl groups excluding tert-OH is 1. The van der Waals surface area contributed by atoms with Crippen molar-refractivity contribution in [2.24, 2.45) is 0 Å². The van der Waals surface area contributed by atoms with Gasteiger partial charge in [0.2, 0.25) is 0 Å². The summed E-state index contributed by atoms with van der Waals surface area (Å²) < 4.78 is 12.4. The van der Waals surface area contributed by atoms with E-state index in [1.165, 1.54) is 0 Å². The molecule has 0 amide bonds. The summed E-state index contributed by atoms with van der Waals surface area (Å²) in [5.74, 6) is 1.89. The number of rotatable bonds is 4. The van der Waals surface area contributed by atoms with E-state index in [1.54, 1.807) is 11.6 Å². The highest BCUT2D eigenvalue weighted by molar-refractivity contribution is 5.70. The normalized spacial score (nSPS) is 14.9. The predicted molar refractivity (Wildman–Crippen MR) is 91.7 cm³/mol. The molecule has 8 heteroatoms. The first kappa shape index (κ1) is 15.8. The Hall–Kier alpha value is -2.71. The lowest BCUT2D eigenvalue weighted by Crippen LogP contribution is -2.37. The number of ether oxygens (including phenoxy) is 2. The molecular formula is C17H19N5O3. The van der Waals surface area contributed by atoms with Gasteiger partial charge in [-0.2, -0.15) is 0 Å². The van der Waals surface area contributed by atoms with Crippen LogP contribution >= 0.6 is 0 Å². The first-order valence-electron chi connectivity index (χ1n) is 8.13. The third-order valence-electron chi connectivity index (χ3n) is 4.16. The zero-order chi connectivity index (χ0) is 17.2. The maximum absolute atomic E-state index is 9.39. The van der Waals surface area contributed by atoms with Gasteiger partial charge in [-0.05, 0) is 12.1 Å². The molecular weight excluding hydrogens is 322 g/mol. The van der Waals surface area contributed by atoms with Gasteiger partial charge >= 0.3 is 0 Å². The Bertz CT molecular complexity index is 889. The molecule has 1 aliphatic rings. The molecule has 2 aromatic heterocycles. The summed E-state index contributed by atoms with van der Waals surface area (Å²) in [4.78, 5) is 11.4. The van der Waals surface area contributed by atoms with E-state index in [-0.39, 0.29) is 6.61 Å². The van der Waals surface area contributed by atoms with E-state index in [1.807, 2.05) is 30.5 Å². The van der Waals surface area contributed by atoms with Crippen LogP contribution in [0, 0.1) is 0 Å². The fourth-order valence-corrected chi connectivity index (χ4v) is 2.89. The Kier molecular flexibility index (Phi) is 4.21. The van der Waals surface area contributed by atoms with Gasteiger partial charge in [-0.15, -0.1) is 5.10 Å². The number of hydrogen-bond acceptors (Lipinski definition) is 7. The van der Waals surface area contributed by atoms with Crippen molar-refractivity contribution in [3.63, 3.8) is 0 Å². The topological polar surface area (TPSA) is 85.0 Å². The molecule has 0 unspecified atom stereocenters. The first-order valence-corrected chi connectivity index (χ1v) is 8.13. The number of methoxy groups -OCH3 is 1. The second kappa shape index (κ2) is 6.66. The van der Waals surface area contributed by atoms with Crippen molar-refractivity contribution in [3.8, 4) is 17.0 Å². The Morgan fingerprint density at radius 1 is 1.24 bits per heavy atom. The van der Waals surface area contributed by atoms with E-state index < -0.39 is 0 Å². The van der Waals surface area contributed by atoms with Crippen LogP contribution in [0.25, 0.3) is 16.9 Å². The van der Waals surface area contributed by atoms with Crippen LogP contribution in [0.5, 0.6) is 5.75 Å². The lowest BCUT2D eigenvalue weighted by Gasteiger charge is -2.28. The average molecular weight is 341 g/mol. The maximum Gasteiger partial charge on any atom is 0.198 e. The van der Waals surface area contributed by atoms with Gasteiger partial charge in [0.1, 0.15) is 12.4 Å². The summed E-state index contributed by atoms with van der Waals surface area (Å²) in [5.41, 5.74) is 2.33. The zero-order valence-corrected chi connectivity index (χ0v) is 13.9. The molecule has 1 N–H and O–H groups in total. The maximum atomic E-state index is 9.39. The minimum absolute atomic E-state index is 0.210. The molecule has 0 aliphatic carbocycles. The van der Waals surface area contributed by atoms with Crippen LogP contribution in [0.3, 0.4) is 0 Å². The van der Waals surface area contributed by atoms with E-state index in [0.29, 0.717) is 24.7 Å². The van der Waals surface area contributed by atoms with Gasteiger partial charge in [-0.3, -0.25) is 0 Å². The summed E-state index contributed by atoms with van der Waals surface area (Å²) in [7, 11) is 1.64. The van der Waals surface area contributed by atoms with Crippen LogP contribution in [0.2, 0.25) is 0 Å². The molecule has 0 spiro atoms. The molecule has 0 bridgehead atoms. The van der Waals surface area contributed by atoms with Crippen LogP contribution in [0.15, 0.2) is 30.5 Å². The van der Waals surface area contributed by atoms with Crippen molar-refractivity contribution in [1.29, 1.82) is 0 Å². The fraction of sp³-hybridized carbons (Fsp3) is 0.353. The molecule has 8 nitrogen and oxygen atoms in total. The van der Waals surface area contributed by atoms with Crippen LogP contribution in [-0.2, 0) is 11.3 Å². The van der Waals surface area contributed by atoms with Crippen molar-refractivity contribution in [2.45, 2.75) is 6.61 Å². The number of aliphatic hydroxyl groups is 1. The third kappa shape index (κ3) is 3.01. The highest BCUT2D eigenvalue weighted by atomic mass is 16.5. The monoisotopic (exact) mass is 341 g/mol. The number of fused-ring (bicyclic) bond motifs is 1. The highest BCUT2D eigenvalue weighted by Gasteiger charge is 2.20. The van der Waals surface area contributed by atoms with Crippen molar-refractivity contribution in [2.75, 3.05) is 38.3 Å². The summed E-state index contributed by atoms with van der Waals surface area (Å²) in [6.07, 6.45) is 1.82. The molecule has 1 aliphatic heterocycles. The third-order valence-corrected chi connectivity index (χ3v) is 4.16. The van der Waals surface area contributed by atoms with Crippen molar-refractivity contribution < 1.29 is 14.6 Å². The minimum Gasteiger partial charge on any atom is -0.497 e. The van der Waals surface area contributed by atoms with Gasteiger partial charge in [-0.25, -0.2) is 14.5 Å². The number of anilines is 1. The summed E-state index contributed by atoms with van der Waals surface area (Å²) in [5, 5.41) is 13.7. The molecule has 130 valence electrons. The van der Waals surface area contributed by atoms with Crippen LogP contribution in [0.1, 0.15) is 5.82 Å². The summed E-state index contributed by atoms with van der Waals surface area (Å²) in [6, 6.07) is 7.73. The molecule has 1 fully saturated rings. The van der Waals surface area contributed by atoms with Gasteiger partial charge in [-0.1, -0.05) is 12.1 Å². The van der Waals surface area contributed by atoms with E-state index in [0.717, 1.165) is 35.9 Å². The van der Waals surface area contributed by atoms with Crippen LogP contribution in [-0.4, -0.2) is 58.1 Å². The van der Waals surface area contributed by atoms with Crippen LogP contribution in [0.4, 0.5) is 5.82 Å². The number of morpholine rings is 1. The van der Waals surface area contributed by atoms with Crippen molar-refractivity contribution in [1.82, 2.24) is 19.6 Å². The van der Waals surface area contributed by atoms with Crippen LogP contribution < -0.4 is 9.64 Å². The number of benzene rings is 1. The van der Waals surface area contributed by atoms with Gasteiger partial charge in [0, 0.05) is 18.7 Å². The molecule has 4 rings (SSSR count). The Balaban J connectivity index is 1.87. The largest absolute Gasteiger partial charge is 0.497 e. The van der Waals surface area contributed by atoms with Crippen molar-refractivity contribution in [3.05, 3.63) is 36.3 Å². The predicted octanol–water partition coefficient (Wildman–Crippen LogP) is 1.13. The van der Waals surface area contributed by atoms with E-state index >= 15 is 0 Å². The average Bonchev–Trinajstić information content (AvgIpc) is 3.11. The van der Waals surface area contributed by atoms with Crippen molar-refractivity contribution >= 4 is 11.5 Å². The molecule has 0 saturated carbocycles. The molecule has 1 aromatic carbocycles. The van der Waals surface area contributed by atoms with E-state index in [4.69, 9.17) is 14.5 Å². The van der Waals surface area contributed by atoms with E-state index in [9.17, 15) is 5.11 Å². The van der Waals surface area contributed by atoms with E-state index in [2.05, 4.69) is 15.0 Å². The zero-order valence-electron chi connectivity index (χ0n) is 13.9. The second-order valence-corrected chi connectivity index (χ2v) is 5.74. The molecule has 25 heavy (non-hydrogen) atoms. The molecule has 1 saturated heterocycles. The van der Waals surface area contributed by atoms with Gasteiger partial charge in [0.05, 0.1) is 32.2 Å². The number of hydrogen-bond donors (Lipinski definition) is 1. The lowest BCUT2D eigenvalue weighted by molar-refractivity contribution is 0.122. The Labute approximate surface area is 144 Å². The Morgan fingerprint density at radius 2 is 2.08 bits per heavy atom. The fourth-order valence-electron chi connectivity index (χ4n) is 2.89. The number of aromatic nitrogens is 4. The van der Waals surface area contributed by atoms with Gasteiger partial charge in [0.15, 0.2) is 17.3 Å². The summed E-state index contributed by atoms with van der Waals surface area (Å²) in [6.45, 7) is 2.58. The lowest BCUT2D eigenvalue weighted by atomic mass is 10.1. The molecule has 0 atom stereocenters. The first-order chi connectivity index (χ1) is 12.3. The number of nitrogens with zero attached hydrogens (tertiary/aromatic N) is 5. The summed E-state index contributed by atoms with van der Waals surface area (Å²) >= 11 is 0. The van der Waals surface area contributed by atoms with Gasteiger partial charge < -0.3 is 19.5 Å². The Morgan fingerprint density at radius 3 is 2.84 bits per heavy atom. The molecule has 3 heterocycles. The quantitative estimate of drug-likeness (QED) is 0.761. The molecule has 0 radical (unpaired) electrons. The standard InChI is InChI=1S/C17H19N5O3/c1-24-13-4-2-3-12(9-13)14-10-22-17(19-15(11-23)20-22)16(18-14)21-5-7-25-8-6-21/h2-4,9-10,23H,5-8,11H2,1H3. The molecule has 3 aromatic rings. The minimum atomic E-state index is -0.210. The van der Waals surface area contributed by atoms with Gasteiger partial charge in [0.25, 0.3) is 0 Å². The second-order valence-electron chi connectivity index (χ2n) is 5.74. The smallest absolute Gasteiger partial charge is 0.198 e. The SMILES string of the molecule is COc1cccc(-c2cn3nc(CO)nc3c(N3CCOCC3)n2)c1.